The molecular formula is C79H65N. The molecule has 1 spiro atoms. The average molecular weight is 1030 g/mol. The largest absolute Gasteiger partial charge is 0.313 e. The van der Waals surface area contributed by atoms with Gasteiger partial charge in [-0.05, 0) is 164 Å². The molecule has 10 aromatic carbocycles. The Morgan fingerprint density at radius 2 is 0.912 bits per heavy atom. The Kier molecular flexibility index (Phi) is 10.5. The Morgan fingerprint density at radius 3 is 1.59 bits per heavy atom. The molecule has 0 unspecified atom stereocenters. The topological polar surface area (TPSA) is 3.24 Å². The van der Waals surface area contributed by atoms with Gasteiger partial charge in [-0.15, -0.1) is 0 Å². The lowest BCUT2D eigenvalue weighted by atomic mass is 9.68. The molecule has 0 amide bonds. The van der Waals surface area contributed by atoms with Crippen LogP contribution in [0.15, 0.2) is 254 Å². The number of benzene rings is 10. The van der Waals surface area contributed by atoms with Crippen LogP contribution in [0.5, 0.6) is 0 Å². The highest BCUT2D eigenvalue weighted by Gasteiger charge is 2.53. The highest BCUT2D eigenvalue weighted by Crippen LogP contribution is 2.65. The van der Waals surface area contributed by atoms with Gasteiger partial charge in [0.2, 0.25) is 0 Å². The molecule has 15 rings (SSSR count). The fourth-order valence-electron chi connectivity index (χ4n) is 14.6. The van der Waals surface area contributed by atoms with Crippen molar-refractivity contribution in [1.29, 1.82) is 0 Å². The maximum Gasteiger partial charge on any atom is 0.0725 e. The lowest BCUT2D eigenvalue weighted by Gasteiger charge is -2.33. The van der Waals surface area contributed by atoms with Crippen molar-refractivity contribution >= 4 is 16.9 Å². The lowest BCUT2D eigenvalue weighted by molar-refractivity contribution is 0.586. The summed E-state index contributed by atoms with van der Waals surface area (Å²) in [5.41, 5.74) is 33.4. The molecule has 0 heterocycles. The third-order valence-corrected chi connectivity index (χ3v) is 18.6. The quantitative estimate of drug-likeness (QED) is 0.154. The fourth-order valence-corrected chi connectivity index (χ4v) is 14.6. The van der Waals surface area contributed by atoms with Crippen molar-refractivity contribution < 1.29 is 0 Å². The molecule has 0 fully saturated rings. The molecule has 0 saturated heterocycles. The average Bonchev–Trinajstić information content (AvgIpc) is 2.43. The van der Waals surface area contributed by atoms with E-state index in [9.17, 15) is 0 Å². The second kappa shape index (κ2) is 17.4. The van der Waals surface area contributed by atoms with Crippen LogP contribution in [-0.4, -0.2) is 0 Å². The SMILES string of the molecule is CC(C)(C)c1ccc2c(c1)C1(c3ccccc3-c3cc(C4=C5C=CC=C(N(c6ccc(-c7ccccc7)c(-c7ccccc7)c6)c6ccccc6-c6cccc7c6-c6ccccc6C7(C)C)[C@@H]54)ccc31)c1cc(C(C)(C)C)ccc1-2. The number of hydrogen-bond donors (Lipinski definition) is 0. The number of hydrogen-bond acceptors (Lipinski definition) is 1. The summed E-state index contributed by atoms with van der Waals surface area (Å²) in [5, 5.41) is 0. The summed E-state index contributed by atoms with van der Waals surface area (Å²) in [4.78, 5) is 2.60. The summed E-state index contributed by atoms with van der Waals surface area (Å²) in [7, 11) is 0. The van der Waals surface area contributed by atoms with E-state index >= 15 is 0 Å². The van der Waals surface area contributed by atoms with Gasteiger partial charge in [0, 0.05) is 22.4 Å². The van der Waals surface area contributed by atoms with Crippen LogP contribution in [0, 0.1) is 5.92 Å². The van der Waals surface area contributed by atoms with Gasteiger partial charge in [0.25, 0.3) is 0 Å². The molecule has 0 saturated carbocycles. The van der Waals surface area contributed by atoms with Gasteiger partial charge in [-0.3, -0.25) is 0 Å². The van der Waals surface area contributed by atoms with Gasteiger partial charge in [-0.1, -0.05) is 268 Å². The summed E-state index contributed by atoms with van der Waals surface area (Å²) in [6, 6.07) is 85.7. The highest BCUT2D eigenvalue weighted by molar-refractivity contribution is 6.02. The molecule has 80 heavy (non-hydrogen) atoms. The number of nitrogens with zero attached hydrogens (tertiary/aromatic N) is 1. The minimum absolute atomic E-state index is 0.00778. The van der Waals surface area contributed by atoms with E-state index in [-0.39, 0.29) is 22.2 Å². The van der Waals surface area contributed by atoms with Crippen molar-refractivity contribution in [2.45, 2.75) is 77.0 Å². The highest BCUT2D eigenvalue weighted by atomic mass is 15.2. The van der Waals surface area contributed by atoms with Gasteiger partial charge in [0.15, 0.2) is 0 Å². The predicted octanol–water partition coefficient (Wildman–Crippen LogP) is 20.6. The van der Waals surface area contributed by atoms with E-state index in [1.807, 2.05) is 0 Å². The molecule has 5 aliphatic carbocycles. The van der Waals surface area contributed by atoms with E-state index in [2.05, 4.69) is 303 Å². The van der Waals surface area contributed by atoms with E-state index in [1.54, 1.807) is 0 Å². The number of para-hydroxylation sites is 1. The Balaban J connectivity index is 0.913. The smallest absolute Gasteiger partial charge is 0.0725 e. The maximum atomic E-state index is 2.60. The number of rotatable bonds is 7. The van der Waals surface area contributed by atoms with E-state index in [1.165, 1.54) is 134 Å². The summed E-state index contributed by atoms with van der Waals surface area (Å²) in [5.74, 6) is 0.0865. The van der Waals surface area contributed by atoms with Gasteiger partial charge >= 0.3 is 0 Å². The van der Waals surface area contributed by atoms with Crippen molar-refractivity contribution in [3.63, 3.8) is 0 Å². The first-order valence-corrected chi connectivity index (χ1v) is 28.8. The van der Waals surface area contributed by atoms with Crippen molar-refractivity contribution in [2.75, 3.05) is 4.90 Å². The third-order valence-electron chi connectivity index (χ3n) is 18.6. The van der Waals surface area contributed by atoms with E-state index in [0.717, 1.165) is 11.4 Å². The Morgan fingerprint density at radius 1 is 0.375 bits per heavy atom. The number of anilines is 2. The minimum Gasteiger partial charge on any atom is -0.313 e. The van der Waals surface area contributed by atoms with Crippen LogP contribution in [0.2, 0.25) is 0 Å². The molecule has 10 aromatic rings. The molecule has 5 aliphatic rings. The van der Waals surface area contributed by atoms with Crippen LogP contribution >= 0.6 is 0 Å². The zero-order valence-electron chi connectivity index (χ0n) is 47.1. The molecular weight excluding hydrogens is 963 g/mol. The maximum absolute atomic E-state index is 2.60. The Labute approximate surface area is 473 Å². The molecule has 1 heteroatoms. The summed E-state index contributed by atoms with van der Waals surface area (Å²) < 4.78 is 0. The molecule has 0 bridgehead atoms. The molecule has 0 N–H and O–H groups in total. The summed E-state index contributed by atoms with van der Waals surface area (Å²) in [6.07, 6.45) is 7.06. The van der Waals surface area contributed by atoms with Crippen molar-refractivity contribution in [3.8, 4) is 66.8 Å². The Bertz CT molecular complexity index is 4270. The molecule has 0 aromatic heterocycles. The first kappa shape index (κ1) is 48.4. The van der Waals surface area contributed by atoms with Gasteiger partial charge in [-0.2, -0.15) is 0 Å². The predicted molar refractivity (Wildman–Crippen MR) is 337 cm³/mol. The van der Waals surface area contributed by atoms with Gasteiger partial charge in [0.1, 0.15) is 0 Å². The van der Waals surface area contributed by atoms with E-state index in [0.29, 0.717) is 0 Å². The first-order chi connectivity index (χ1) is 38.7. The number of allylic oxidation sites excluding steroid dienone is 4. The Hall–Kier alpha value is -8.78. The van der Waals surface area contributed by atoms with E-state index in [4.69, 9.17) is 0 Å². The third kappa shape index (κ3) is 7.02. The van der Waals surface area contributed by atoms with Crippen LogP contribution in [0.1, 0.15) is 105 Å². The second-order valence-electron chi connectivity index (χ2n) is 25.5. The minimum atomic E-state index is -0.451. The van der Waals surface area contributed by atoms with Crippen LogP contribution in [0.25, 0.3) is 72.3 Å². The normalized spacial score (nSPS) is 16.3. The standard InChI is InChI=1S/C79H65N/c1-76(2,3)52-38-41-57-58-42-39-53(77(4,5)6)47-70(58)79(69(57)46-52)66-33-19-15-27-56(66)64-45-51(37-44-67(64)79)73-62-31-22-36-72(75(62)73)80(54-40-43-55(49-23-11-9-12-24-49)63(48-54)50-25-13-10-14-26-50)71-35-20-17-28-59(71)60-30-21-34-68-74(60)61-29-16-18-32-65(61)78(68,7)8/h9-48,75H,1-8H3/t75-/m1/s1. The van der Waals surface area contributed by atoms with Gasteiger partial charge < -0.3 is 4.90 Å². The van der Waals surface area contributed by atoms with Crippen molar-refractivity contribution in [2.24, 2.45) is 5.92 Å². The zero-order chi connectivity index (χ0) is 54.5. The van der Waals surface area contributed by atoms with E-state index < -0.39 is 5.41 Å². The fraction of sp³-hybridized carbons (Fsp3) is 0.165. The number of fused-ring (bicyclic) bond motifs is 14. The second-order valence-corrected chi connectivity index (χ2v) is 25.5. The lowest BCUT2D eigenvalue weighted by Crippen LogP contribution is -2.27. The zero-order valence-corrected chi connectivity index (χ0v) is 47.1. The van der Waals surface area contributed by atoms with Crippen LogP contribution in [0.4, 0.5) is 11.4 Å². The van der Waals surface area contributed by atoms with Gasteiger partial charge in [-0.25, -0.2) is 0 Å². The summed E-state index contributed by atoms with van der Waals surface area (Å²) >= 11 is 0. The first-order valence-electron chi connectivity index (χ1n) is 28.8. The molecule has 0 radical (unpaired) electrons. The molecule has 0 aliphatic heterocycles. The van der Waals surface area contributed by atoms with Crippen molar-refractivity contribution in [3.05, 3.63) is 304 Å². The molecule has 1 nitrogen and oxygen atoms in total. The van der Waals surface area contributed by atoms with Crippen LogP contribution in [0.3, 0.4) is 0 Å². The van der Waals surface area contributed by atoms with Crippen molar-refractivity contribution in [1.82, 2.24) is 0 Å². The van der Waals surface area contributed by atoms with Gasteiger partial charge in [0.05, 0.1) is 17.0 Å². The monoisotopic (exact) mass is 1030 g/mol. The summed E-state index contributed by atoms with van der Waals surface area (Å²) in [6.45, 7) is 18.9. The van der Waals surface area contributed by atoms with Crippen LogP contribution < -0.4 is 4.90 Å². The van der Waals surface area contributed by atoms with Crippen LogP contribution in [-0.2, 0) is 21.7 Å². The molecule has 1 atom stereocenters. The molecule has 386 valence electrons.